The van der Waals surface area contributed by atoms with E-state index in [0.29, 0.717) is 0 Å². The molecule has 0 saturated carbocycles. The lowest BCUT2D eigenvalue weighted by Gasteiger charge is -2.28. The molecule has 0 bridgehead atoms. The van der Waals surface area contributed by atoms with E-state index >= 15 is 0 Å². The first-order valence-corrected chi connectivity index (χ1v) is 6.00. The van der Waals surface area contributed by atoms with E-state index in [-0.39, 0.29) is 24.3 Å². The summed E-state index contributed by atoms with van der Waals surface area (Å²) in [6.45, 7) is 0. The lowest BCUT2D eigenvalue weighted by atomic mass is 10.0. The molecule has 1 aromatic carbocycles. The van der Waals surface area contributed by atoms with Gasteiger partial charge in [-0.1, -0.05) is 6.07 Å². The van der Waals surface area contributed by atoms with Crippen molar-refractivity contribution in [2.24, 2.45) is 0 Å². The maximum atomic E-state index is 13.6. The number of halogens is 1. The molecular formula is C13H13FN2O4. The van der Waals surface area contributed by atoms with Crippen LogP contribution in [0.15, 0.2) is 18.2 Å². The molecule has 1 atom stereocenters. The Morgan fingerprint density at radius 1 is 1.45 bits per heavy atom. The second kappa shape index (κ2) is 5.28. The molecule has 1 fully saturated rings. The number of nitrogens with zero attached hydrogens (tertiary/aromatic N) is 1. The number of rotatable bonds is 2. The van der Waals surface area contributed by atoms with E-state index in [2.05, 4.69) is 5.32 Å². The second-order valence-electron chi connectivity index (χ2n) is 4.49. The summed E-state index contributed by atoms with van der Waals surface area (Å²) in [6.07, 6.45) is 0.309. The number of benzene rings is 1. The van der Waals surface area contributed by atoms with Crippen LogP contribution < -0.4 is 5.32 Å². The molecule has 0 radical (unpaired) electrons. The molecule has 1 unspecified atom stereocenters. The van der Waals surface area contributed by atoms with Crippen LogP contribution in [0.5, 0.6) is 5.75 Å². The zero-order valence-electron chi connectivity index (χ0n) is 10.7. The highest BCUT2D eigenvalue weighted by molar-refractivity contribution is 6.03. The number of aromatic hydroxyl groups is 1. The lowest BCUT2D eigenvalue weighted by molar-refractivity contribution is -0.147. The van der Waals surface area contributed by atoms with Gasteiger partial charge in [-0.15, -0.1) is 0 Å². The van der Waals surface area contributed by atoms with E-state index in [1.54, 1.807) is 0 Å². The number of nitrogens with one attached hydrogen (secondary N) is 1. The van der Waals surface area contributed by atoms with Gasteiger partial charge in [0, 0.05) is 13.5 Å². The molecule has 1 aromatic rings. The maximum Gasteiger partial charge on any atom is 0.255 e. The number of likely N-dealkylation sites (tertiary alicyclic amines) is 1. The van der Waals surface area contributed by atoms with Gasteiger partial charge in [-0.05, 0) is 18.6 Å². The Kier molecular flexibility index (Phi) is 3.69. The Labute approximate surface area is 114 Å². The fourth-order valence-corrected chi connectivity index (χ4v) is 1.98. The van der Waals surface area contributed by atoms with Gasteiger partial charge in [-0.25, -0.2) is 4.39 Å². The van der Waals surface area contributed by atoms with Crippen LogP contribution in [0.2, 0.25) is 0 Å². The van der Waals surface area contributed by atoms with E-state index in [1.165, 1.54) is 19.2 Å². The standard InChI is InChI=1S/C13H13FN2O4/c1-16-10(18)6-5-8(13(16)20)15-12(19)7-3-2-4-9(17)11(7)14/h2-4,8,17H,5-6H2,1H3,(H,15,19). The normalized spacial score (nSPS) is 19.1. The van der Waals surface area contributed by atoms with Crippen LogP contribution in [-0.4, -0.2) is 40.8 Å². The molecule has 3 amide bonds. The van der Waals surface area contributed by atoms with Crippen molar-refractivity contribution in [2.45, 2.75) is 18.9 Å². The van der Waals surface area contributed by atoms with Gasteiger partial charge in [0.1, 0.15) is 6.04 Å². The minimum atomic E-state index is -1.04. The third kappa shape index (κ3) is 2.47. The van der Waals surface area contributed by atoms with Crippen LogP contribution in [0.1, 0.15) is 23.2 Å². The summed E-state index contributed by atoms with van der Waals surface area (Å²) < 4.78 is 13.6. The molecule has 1 aliphatic heterocycles. The number of carbonyl (C=O) groups excluding carboxylic acids is 3. The van der Waals surface area contributed by atoms with E-state index in [4.69, 9.17) is 0 Å². The van der Waals surface area contributed by atoms with Crippen LogP contribution >= 0.6 is 0 Å². The number of phenolic OH excluding ortho intramolecular Hbond substituents is 1. The SMILES string of the molecule is CN1C(=O)CCC(NC(=O)c2cccc(O)c2F)C1=O. The highest BCUT2D eigenvalue weighted by atomic mass is 19.1. The van der Waals surface area contributed by atoms with Crippen molar-refractivity contribution in [3.63, 3.8) is 0 Å². The molecule has 6 nitrogen and oxygen atoms in total. The Bertz CT molecular complexity index is 588. The van der Waals surface area contributed by atoms with Crippen LogP contribution in [-0.2, 0) is 9.59 Å². The Morgan fingerprint density at radius 3 is 2.85 bits per heavy atom. The van der Waals surface area contributed by atoms with Gasteiger partial charge in [0.05, 0.1) is 5.56 Å². The summed E-state index contributed by atoms with van der Waals surface area (Å²) in [5.41, 5.74) is -0.350. The maximum absolute atomic E-state index is 13.6. The lowest BCUT2D eigenvalue weighted by Crippen LogP contribution is -2.53. The average Bonchev–Trinajstić information content (AvgIpc) is 2.42. The highest BCUT2D eigenvalue weighted by Gasteiger charge is 2.33. The van der Waals surface area contributed by atoms with Crippen molar-refractivity contribution in [3.05, 3.63) is 29.6 Å². The predicted molar refractivity (Wildman–Crippen MR) is 66.3 cm³/mol. The Morgan fingerprint density at radius 2 is 2.15 bits per heavy atom. The molecule has 2 rings (SSSR count). The fraction of sp³-hybridized carbons (Fsp3) is 0.308. The van der Waals surface area contributed by atoms with Gasteiger partial charge in [-0.2, -0.15) is 0 Å². The minimum absolute atomic E-state index is 0.135. The number of carbonyl (C=O) groups is 3. The zero-order chi connectivity index (χ0) is 14.9. The molecule has 106 valence electrons. The molecular weight excluding hydrogens is 267 g/mol. The summed E-state index contributed by atoms with van der Waals surface area (Å²) in [6, 6.07) is 2.77. The summed E-state index contributed by atoms with van der Waals surface area (Å²) in [5.74, 6) is -3.34. The van der Waals surface area contributed by atoms with Gasteiger partial charge in [0.2, 0.25) is 5.91 Å². The van der Waals surface area contributed by atoms with Crippen molar-refractivity contribution >= 4 is 17.7 Å². The first-order chi connectivity index (χ1) is 9.41. The summed E-state index contributed by atoms with van der Waals surface area (Å²) >= 11 is 0. The van der Waals surface area contributed by atoms with Crippen LogP contribution in [0.4, 0.5) is 4.39 Å². The number of imide groups is 1. The van der Waals surface area contributed by atoms with Gasteiger partial charge in [0.25, 0.3) is 11.8 Å². The van der Waals surface area contributed by atoms with Gasteiger partial charge < -0.3 is 10.4 Å². The number of hydrogen-bond acceptors (Lipinski definition) is 4. The zero-order valence-corrected chi connectivity index (χ0v) is 10.7. The topological polar surface area (TPSA) is 86.7 Å². The summed E-state index contributed by atoms with van der Waals surface area (Å²) in [4.78, 5) is 35.9. The summed E-state index contributed by atoms with van der Waals surface area (Å²) in [7, 11) is 1.33. The Hall–Kier alpha value is -2.44. The quantitative estimate of drug-likeness (QED) is 0.768. The van der Waals surface area contributed by atoms with Gasteiger partial charge in [-0.3, -0.25) is 19.3 Å². The molecule has 0 spiro atoms. The van der Waals surface area contributed by atoms with Gasteiger partial charge in [0.15, 0.2) is 11.6 Å². The van der Waals surface area contributed by atoms with E-state index < -0.39 is 29.4 Å². The third-order valence-corrected chi connectivity index (χ3v) is 3.18. The van der Waals surface area contributed by atoms with Gasteiger partial charge >= 0.3 is 0 Å². The molecule has 7 heteroatoms. The van der Waals surface area contributed by atoms with Crippen LogP contribution in [0.3, 0.4) is 0 Å². The molecule has 1 aliphatic rings. The third-order valence-electron chi connectivity index (χ3n) is 3.18. The molecule has 0 aliphatic carbocycles. The smallest absolute Gasteiger partial charge is 0.255 e. The second-order valence-corrected chi connectivity index (χ2v) is 4.49. The number of phenols is 1. The molecule has 1 heterocycles. The molecule has 2 N–H and O–H groups in total. The number of piperidine rings is 1. The van der Waals surface area contributed by atoms with Crippen molar-refractivity contribution in [2.75, 3.05) is 7.05 Å². The first-order valence-electron chi connectivity index (χ1n) is 6.00. The number of amides is 3. The van der Waals surface area contributed by atoms with E-state index in [1.807, 2.05) is 0 Å². The van der Waals surface area contributed by atoms with Crippen molar-refractivity contribution in [1.82, 2.24) is 10.2 Å². The highest BCUT2D eigenvalue weighted by Crippen LogP contribution is 2.19. The monoisotopic (exact) mass is 280 g/mol. The van der Waals surface area contributed by atoms with Crippen molar-refractivity contribution < 1.29 is 23.9 Å². The van der Waals surface area contributed by atoms with Crippen molar-refractivity contribution in [1.29, 1.82) is 0 Å². The molecule has 1 saturated heterocycles. The summed E-state index contributed by atoms with van der Waals surface area (Å²) in [5, 5.41) is 11.6. The number of likely N-dealkylation sites (N-methyl/N-ethyl adjacent to an activating group) is 1. The van der Waals surface area contributed by atoms with Crippen molar-refractivity contribution in [3.8, 4) is 5.75 Å². The first kappa shape index (κ1) is 14.0. The average molecular weight is 280 g/mol. The Balaban J connectivity index is 2.14. The number of hydrogen-bond donors (Lipinski definition) is 2. The largest absolute Gasteiger partial charge is 0.505 e. The minimum Gasteiger partial charge on any atom is -0.505 e. The van der Waals surface area contributed by atoms with E-state index in [0.717, 1.165) is 11.0 Å². The molecule has 20 heavy (non-hydrogen) atoms. The van der Waals surface area contributed by atoms with Crippen LogP contribution in [0, 0.1) is 5.82 Å². The van der Waals surface area contributed by atoms with Crippen LogP contribution in [0.25, 0.3) is 0 Å². The molecule has 0 aromatic heterocycles. The fourth-order valence-electron chi connectivity index (χ4n) is 1.98. The van der Waals surface area contributed by atoms with E-state index in [9.17, 15) is 23.9 Å². The predicted octanol–water partition coefficient (Wildman–Crippen LogP) is 0.408.